The van der Waals surface area contributed by atoms with Gasteiger partial charge in [0.05, 0.1) is 17.2 Å². The standard InChI is InChI=1S/C32H40ClN3O5S/c1-6-28(32(38)34-20-23(3)4)35(21-25-14-16-26(33)17-15-25)31(37)22-36(29-10-8-9-11-30(29)41-7-2)42(39,40)27-18-12-24(5)13-19-27/h8-19,23,28H,6-7,20-22H2,1-5H3,(H,34,38)/t28-/m1/s1. The van der Waals surface area contributed by atoms with Gasteiger partial charge in [-0.3, -0.25) is 13.9 Å². The van der Waals surface area contributed by atoms with Crippen LogP contribution in [0.1, 0.15) is 45.2 Å². The highest BCUT2D eigenvalue weighted by molar-refractivity contribution is 7.92. The fourth-order valence-electron chi connectivity index (χ4n) is 4.42. The molecule has 42 heavy (non-hydrogen) atoms. The number of para-hydroxylation sites is 2. The predicted octanol–water partition coefficient (Wildman–Crippen LogP) is 5.82. The SMILES string of the molecule is CCOc1ccccc1N(CC(=O)N(Cc1ccc(Cl)cc1)[C@H](CC)C(=O)NCC(C)C)S(=O)(=O)c1ccc(C)cc1. The lowest BCUT2D eigenvalue weighted by Crippen LogP contribution is -2.52. The number of aryl methyl sites for hydroxylation is 1. The van der Waals surface area contributed by atoms with Crippen LogP contribution in [-0.2, 0) is 26.2 Å². The normalized spacial score (nSPS) is 12.1. The highest BCUT2D eigenvalue weighted by Crippen LogP contribution is 2.33. The molecule has 0 aromatic heterocycles. The van der Waals surface area contributed by atoms with Gasteiger partial charge in [0.1, 0.15) is 18.3 Å². The molecule has 0 heterocycles. The molecule has 8 nitrogen and oxygen atoms in total. The topological polar surface area (TPSA) is 96.0 Å². The summed E-state index contributed by atoms with van der Waals surface area (Å²) in [5, 5.41) is 3.47. The summed E-state index contributed by atoms with van der Waals surface area (Å²) >= 11 is 6.09. The number of ether oxygens (including phenoxy) is 1. The Labute approximate surface area is 254 Å². The molecule has 0 aliphatic carbocycles. The van der Waals surface area contributed by atoms with E-state index >= 15 is 0 Å². The number of nitrogens with one attached hydrogen (secondary N) is 1. The summed E-state index contributed by atoms with van der Waals surface area (Å²) in [4.78, 5) is 29.0. The molecular formula is C32H40ClN3O5S. The van der Waals surface area contributed by atoms with E-state index in [1.54, 1.807) is 67.6 Å². The van der Waals surface area contributed by atoms with Crippen LogP contribution in [0.2, 0.25) is 5.02 Å². The molecule has 2 amide bonds. The van der Waals surface area contributed by atoms with Crippen LogP contribution in [0.15, 0.2) is 77.7 Å². The Bertz CT molecular complexity index is 1440. The number of benzene rings is 3. The van der Waals surface area contributed by atoms with Gasteiger partial charge in [-0.1, -0.05) is 74.3 Å². The van der Waals surface area contributed by atoms with Crippen molar-refractivity contribution in [2.75, 3.05) is 24.0 Å². The Kier molecular flexibility index (Phi) is 11.8. The van der Waals surface area contributed by atoms with Crippen molar-refractivity contribution >= 4 is 39.1 Å². The summed E-state index contributed by atoms with van der Waals surface area (Å²) in [5.74, 6) is -0.277. The molecule has 1 atom stereocenters. The fourth-order valence-corrected chi connectivity index (χ4v) is 5.97. The van der Waals surface area contributed by atoms with Gasteiger partial charge in [-0.2, -0.15) is 0 Å². The number of halogens is 1. The van der Waals surface area contributed by atoms with Crippen molar-refractivity contribution in [1.82, 2.24) is 10.2 Å². The van der Waals surface area contributed by atoms with Crippen LogP contribution < -0.4 is 14.4 Å². The zero-order valence-electron chi connectivity index (χ0n) is 24.8. The van der Waals surface area contributed by atoms with Crippen LogP contribution >= 0.6 is 11.6 Å². The second-order valence-corrected chi connectivity index (χ2v) is 12.7. The number of amides is 2. The zero-order chi connectivity index (χ0) is 30.9. The zero-order valence-corrected chi connectivity index (χ0v) is 26.4. The van der Waals surface area contributed by atoms with Crippen molar-refractivity contribution in [3.05, 3.63) is 88.9 Å². The summed E-state index contributed by atoms with van der Waals surface area (Å²) in [6.45, 7) is 9.78. The fraction of sp³-hybridized carbons (Fsp3) is 0.375. The van der Waals surface area contributed by atoms with E-state index in [4.69, 9.17) is 16.3 Å². The lowest BCUT2D eigenvalue weighted by atomic mass is 10.1. The maximum Gasteiger partial charge on any atom is 0.264 e. The highest BCUT2D eigenvalue weighted by Gasteiger charge is 2.34. The summed E-state index contributed by atoms with van der Waals surface area (Å²) in [6, 6.07) is 19.3. The smallest absolute Gasteiger partial charge is 0.264 e. The van der Waals surface area contributed by atoms with E-state index in [9.17, 15) is 18.0 Å². The van der Waals surface area contributed by atoms with Crippen LogP contribution in [0, 0.1) is 12.8 Å². The van der Waals surface area contributed by atoms with Gasteiger partial charge in [-0.15, -0.1) is 0 Å². The van der Waals surface area contributed by atoms with E-state index in [1.807, 2.05) is 27.7 Å². The molecule has 3 aromatic carbocycles. The second-order valence-electron chi connectivity index (χ2n) is 10.4. The third-order valence-corrected chi connectivity index (χ3v) is 8.68. The number of sulfonamides is 1. The van der Waals surface area contributed by atoms with Crippen molar-refractivity contribution in [2.24, 2.45) is 5.92 Å². The Balaban J connectivity index is 2.09. The van der Waals surface area contributed by atoms with Gasteiger partial charge in [0.2, 0.25) is 11.8 Å². The van der Waals surface area contributed by atoms with E-state index < -0.39 is 28.5 Å². The largest absolute Gasteiger partial charge is 0.492 e. The number of hydrogen-bond donors (Lipinski definition) is 1. The maximum absolute atomic E-state index is 14.2. The van der Waals surface area contributed by atoms with Crippen LogP contribution in [0.5, 0.6) is 5.75 Å². The number of nitrogens with zero attached hydrogens (tertiary/aromatic N) is 2. The summed E-state index contributed by atoms with van der Waals surface area (Å²) < 4.78 is 35.1. The predicted molar refractivity (Wildman–Crippen MR) is 167 cm³/mol. The van der Waals surface area contributed by atoms with E-state index in [2.05, 4.69) is 5.32 Å². The van der Waals surface area contributed by atoms with Crippen LogP contribution in [0.4, 0.5) is 5.69 Å². The van der Waals surface area contributed by atoms with E-state index in [1.165, 1.54) is 17.0 Å². The molecule has 3 aromatic rings. The Morgan fingerprint density at radius 2 is 1.60 bits per heavy atom. The lowest BCUT2D eigenvalue weighted by molar-refractivity contribution is -0.140. The second kappa shape index (κ2) is 15.1. The minimum atomic E-state index is -4.21. The third-order valence-electron chi connectivity index (χ3n) is 6.66. The summed E-state index contributed by atoms with van der Waals surface area (Å²) in [7, 11) is -4.21. The lowest BCUT2D eigenvalue weighted by Gasteiger charge is -2.33. The van der Waals surface area contributed by atoms with Gasteiger partial charge in [0.15, 0.2) is 0 Å². The van der Waals surface area contributed by atoms with Crippen molar-refractivity contribution in [3.63, 3.8) is 0 Å². The molecule has 0 spiro atoms. The quantitative estimate of drug-likeness (QED) is 0.247. The van der Waals surface area contributed by atoms with Gasteiger partial charge in [-0.05, 0) is 68.1 Å². The number of rotatable bonds is 14. The minimum absolute atomic E-state index is 0.0400. The first-order chi connectivity index (χ1) is 20.0. The molecule has 0 aliphatic heterocycles. The Morgan fingerprint density at radius 1 is 0.952 bits per heavy atom. The van der Waals surface area contributed by atoms with Crippen LogP contribution in [0.3, 0.4) is 0 Å². The minimum Gasteiger partial charge on any atom is -0.492 e. The molecule has 226 valence electrons. The number of carbonyl (C=O) groups excluding carboxylic acids is 2. The number of hydrogen-bond acceptors (Lipinski definition) is 5. The maximum atomic E-state index is 14.2. The Morgan fingerprint density at radius 3 is 2.19 bits per heavy atom. The summed E-state index contributed by atoms with van der Waals surface area (Å²) in [6.07, 6.45) is 0.337. The first kappa shape index (κ1) is 32.9. The third kappa shape index (κ3) is 8.49. The molecule has 0 aliphatic rings. The van der Waals surface area contributed by atoms with Crippen molar-refractivity contribution in [1.29, 1.82) is 0 Å². The molecule has 0 fully saturated rings. The van der Waals surface area contributed by atoms with E-state index in [0.717, 1.165) is 15.4 Å². The first-order valence-electron chi connectivity index (χ1n) is 14.1. The average molecular weight is 614 g/mol. The summed E-state index contributed by atoms with van der Waals surface area (Å²) in [5.41, 5.74) is 1.89. The average Bonchev–Trinajstić information content (AvgIpc) is 2.96. The monoisotopic (exact) mass is 613 g/mol. The van der Waals surface area contributed by atoms with Crippen molar-refractivity contribution < 1.29 is 22.7 Å². The van der Waals surface area contributed by atoms with Crippen LogP contribution in [-0.4, -0.2) is 50.9 Å². The van der Waals surface area contributed by atoms with Gasteiger partial charge >= 0.3 is 0 Å². The molecule has 3 rings (SSSR count). The van der Waals surface area contributed by atoms with Gasteiger partial charge < -0.3 is 15.0 Å². The van der Waals surface area contributed by atoms with Crippen molar-refractivity contribution in [2.45, 2.75) is 58.5 Å². The highest BCUT2D eigenvalue weighted by atomic mass is 35.5. The van der Waals surface area contributed by atoms with Gasteiger partial charge in [0.25, 0.3) is 10.0 Å². The number of carbonyl (C=O) groups is 2. The van der Waals surface area contributed by atoms with Gasteiger partial charge in [-0.25, -0.2) is 8.42 Å². The molecule has 1 N–H and O–H groups in total. The molecular weight excluding hydrogens is 574 g/mol. The van der Waals surface area contributed by atoms with E-state index in [-0.39, 0.29) is 29.0 Å². The molecule has 0 unspecified atom stereocenters. The molecule has 0 saturated carbocycles. The number of anilines is 1. The molecule has 0 bridgehead atoms. The first-order valence-corrected chi connectivity index (χ1v) is 15.9. The van der Waals surface area contributed by atoms with Crippen LogP contribution in [0.25, 0.3) is 0 Å². The molecule has 0 saturated heterocycles. The Hall–Kier alpha value is -3.56. The molecule has 0 radical (unpaired) electrons. The van der Waals surface area contributed by atoms with Crippen molar-refractivity contribution in [3.8, 4) is 5.75 Å². The van der Waals surface area contributed by atoms with E-state index in [0.29, 0.717) is 30.3 Å². The van der Waals surface area contributed by atoms with Gasteiger partial charge in [0, 0.05) is 18.1 Å². The molecule has 10 heteroatoms.